The molecule has 3 heterocycles. The Morgan fingerprint density at radius 3 is 2.49 bits per heavy atom. The monoisotopic (exact) mass is 461 g/mol. The van der Waals surface area contributed by atoms with Crippen LogP contribution in [0.15, 0.2) is 79.0 Å². The molecule has 2 aliphatic heterocycles. The van der Waals surface area contributed by atoms with Crippen molar-refractivity contribution in [1.29, 1.82) is 0 Å². The number of carbonyl (C=O) groups excluding carboxylic acids is 1. The molecule has 2 unspecified atom stereocenters. The number of benzene rings is 3. The summed E-state index contributed by atoms with van der Waals surface area (Å²) >= 11 is 0. The van der Waals surface area contributed by atoms with Gasteiger partial charge in [-0.15, -0.1) is 0 Å². The summed E-state index contributed by atoms with van der Waals surface area (Å²) in [5, 5.41) is 5.52. The van der Waals surface area contributed by atoms with Gasteiger partial charge in [-0.3, -0.25) is 9.58 Å². The first-order valence-corrected chi connectivity index (χ1v) is 12.4. The molecule has 1 saturated heterocycles. The highest BCUT2D eigenvalue weighted by molar-refractivity contribution is 5.84. The fourth-order valence-electron chi connectivity index (χ4n) is 6.34. The standard InChI is InChI=1S/C30H27N3O2/c1-32-29-16-19(10-11-20(29)17-31-32)21-14-22-12-13-23(15-21)33(22)30(34)35-18-28-26-8-4-2-6-24(26)25-7-3-5-9-27(25)28/h2-11,14,16-17,22-23,28H,12-13,15,18H2,1H3. The molecule has 3 aliphatic rings. The van der Waals surface area contributed by atoms with Gasteiger partial charge in [-0.05, 0) is 58.7 Å². The van der Waals surface area contributed by atoms with Gasteiger partial charge >= 0.3 is 6.09 Å². The Hall–Kier alpha value is -3.86. The highest BCUT2D eigenvalue weighted by Gasteiger charge is 2.41. The van der Waals surface area contributed by atoms with E-state index in [4.69, 9.17) is 4.74 Å². The second-order valence-corrected chi connectivity index (χ2v) is 9.95. The molecule has 35 heavy (non-hydrogen) atoms. The van der Waals surface area contributed by atoms with Crippen LogP contribution in [0.5, 0.6) is 0 Å². The predicted molar refractivity (Wildman–Crippen MR) is 137 cm³/mol. The second-order valence-electron chi connectivity index (χ2n) is 9.95. The van der Waals surface area contributed by atoms with E-state index in [9.17, 15) is 4.79 Å². The van der Waals surface area contributed by atoms with E-state index in [1.54, 1.807) is 0 Å². The number of rotatable bonds is 3. The van der Waals surface area contributed by atoms with Gasteiger partial charge in [-0.1, -0.05) is 66.7 Å². The SMILES string of the molecule is Cn1ncc2ccc(C3=CC4CCC(C3)N4C(=O)OCC3c4ccccc4-c4ccccc43)cc21. The summed E-state index contributed by atoms with van der Waals surface area (Å²) in [6, 6.07) is 23.8. The highest BCUT2D eigenvalue weighted by atomic mass is 16.6. The number of carbonyl (C=O) groups is 1. The Morgan fingerprint density at radius 2 is 1.74 bits per heavy atom. The van der Waals surface area contributed by atoms with Crippen molar-refractivity contribution in [3.8, 4) is 11.1 Å². The van der Waals surface area contributed by atoms with E-state index in [0.717, 1.165) is 30.2 Å². The second kappa shape index (κ2) is 7.84. The van der Waals surface area contributed by atoms with Crippen LogP contribution in [0.2, 0.25) is 0 Å². The van der Waals surface area contributed by atoms with E-state index >= 15 is 0 Å². The molecule has 5 nitrogen and oxygen atoms in total. The van der Waals surface area contributed by atoms with Crippen molar-refractivity contribution in [2.24, 2.45) is 7.05 Å². The molecule has 1 aromatic heterocycles. The molecule has 0 spiro atoms. The number of aromatic nitrogens is 2. The number of fused-ring (bicyclic) bond motifs is 6. The van der Waals surface area contributed by atoms with Gasteiger partial charge in [-0.25, -0.2) is 4.79 Å². The van der Waals surface area contributed by atoms with E-state index in [1.807, 2.05) is 22.8 Å². The summed E-state index contributed by atoms with van der Waals surface area (Å²) in [5.74, 6) is 0.0884. The third kappa shape index (κ3) is 3.22. The molecule has 174 valence electrons. The van der Waals surface area contributed by atoms with Crippen molar-refractivity contribution < 1.29 is 9.53 Å². The Labute approximate surface area is 204 Å². The van der Waals surface area contributed by atoms with Crippen molar-refractivity contribution >= 4 is 22.6 Å². The molecular formula is C30H27N3O2. The third-order valence-electron chi connectivity index (χ3n) is 8.06. The molecule has 3 aromatic carbocycles. The van der Waals surface area contributed by atoms with Crippen molar-refractivity contribution in [2.75, 3.05) is 6.61 Å². The highest BCUT2D eigenvalue weighted by Crippen LogP contribution is 2.45. The third-order valence-corrected chi connectivity index (χ3v) is 8.06. The first-order valence-electron chi connectivity index (χ1n) is 12.4. The van der Waals surface area contributed by atoms with Crippen molar-refractivity contribution in [3.05, 3.63) is 95.7 Å². The zero-order chi connectivity index (χ0) is 23.5. The van der Waals surface area contributed by atoms with E-state index in [2.05, 4.69) is 77.9 Å². The molecule has 2 bridgehead atoms. The topological polar surface area (TPSA) is 47.4 Å². The number of hydrogen-bond donors (Lipinski definition) is 0. The summed E-state index contributed by atoms with van der Waals surface area (Å²) in [6.45, 7) is 0.372. The van der Waals surface area contributed by atoms with Gasteiger partial charge in [0, 0.05) is 24.4 Å². The minimum absolute atomic E-state index is 0.0884. The molecule has 0 saturated carbocycles. The Kier molecular flexibility index (Phi) is 4.59. The van der Waals surface area contributed by atoms with Gasteiger partial charge in [0.2, 0.25) is 0 Å². The van der Waals surface area contributed by atoms with Crippen LogP contribution in [0.1, 0.15) is 41.9 Å². The molecule has 0 N–H and O–H groups in total. The summed E-state index contributed by atoms with van der Waals surface area (Å²) in [6.07, 6.45) is 6.87. The molecule has 1 amide bonds. The van der Waals surface area contributed by atoms with Crippen LogP contribution >= 0.6 is 0 Å². The molecular weight excluding hydrogens is 434 g/mol. The van der Waals surface area contributed by atoms with Gasteiger partial charge in [0.25, 0.3) is 0 Å². The largest absolute Gasteiger partial charge is 0.448 e. The summed E-state index contributed by atoms with van der Waals surface area (Å²) < 4.78 is 7.93. The molecule has 1 aliphatic carbocycles. The first kappa shape index (κ1) is 20.5. The van der Waals surface area contributed by atoms with E-state index in [-0.39, 0.29) is 24.1 Å². The lowest BCUT2D eigenvalue weighted by atomic mass is 9.94. The molecule has 5 heteroatoms. The van der Waals surface area contributed by atoms with Crippen molar-refractivity contribution in [2.45, 2.75) is 37.3 Å². The quantitative estimate of drug-likeness (QED) is 0.368. The van der Waals surface area contributed by atoms with Gasteiger partial charge in [0.15, 0.2) is 0 Å². The van der Waals surface area contributed by atoms with Gasteiger partial charge < -0.3 is 4.74 Å². The molecule has 7 rings (SSSR count). The van der Waals surface area contributed by atoms with Crippen molar-refractivity contribution in [3.63, 3.8) is 0 Å². The van der Waals surface area contributed by atoms with Gasteiger partial charge in [0.1, 0.15) is 6.61 Å². The maximum atomic E-state index is 13.3. The van der Waals surface area contributed by atoms with Crippen LogP contribution in [-0.4, -0.2) is 39.5 Å². The molecule has 2 atom stereocenters. The van der Waals surface area contributed by atoms with Crippen LogP contribution in [-0.2, 0) is 11.8 Å². The number of nitrogens with zero attached hydrogens (tertiary/aromatic N) is 3. The summed E-state index contributed by atoms with van der Waals surface area (Å²) in [7, 11) is 1.98. The molecule has 4 aromatic rings. The fourth-order valence-corrected chi connectivity index (χ4v) is 6.34. The molecule has 0 radical (unpaired) electrons. The fraction of sp³-hybridized carbons (Fsp3) is 0.267. The summed E-state index contributed by atoms with van der Waals surface area (Å²) in [4.78, 5) is 15.3. The number of aryl methyl sites for hydroxylation is 1. The van der Waals surface area contributed by atoms with E-state index in [1.165, 1.54) is 33.4 Å². The summed E-state index contributed by atoms with van der Waals surface area (Å²) in [5.41, 5.74) is 8.68. The average Bonchev–Trinajstić information content (AvgIpc) is 3.51. The van der Waals surface area contributed by atoms with Crippen LogP contribution in [0, 0.1) is 0 Å². The number of ether oxygens (including phenoxy) is 1. The maximum absolute atomic E-state index is 13.3. The smallest absolute Gasteiger partial charge is 0.410 e. The van der Waals surface area contributed by atoms with E-state index in [0.29, 0.717) is 6.61 Å². The average molecular weight is 462 g/mol. The maximum Gasteiger partial charge on any atom is 0.410 e. The zero-order valence-corrected chi connectivity index (χ0v) is 19.7. The van der Waals surface area contributed by atoms with Gasteiger partial charge in [0.05, 0.1) is 17.8 Å². The van der Waals surface area contributed by atoms with Gasteiger partial charge in [-0.2, -0.15) is 5.10 Å². The van der Waals surface area contributed by atoms with Crippen LogP contribution in [0.3, 0.4) is 0 Å². The Bertz CT molecular complexity index is 1460. The lowest BCUT2D eigenvalue weighted by Gasteiger charge is -2.33. The Balaban J connectivity index is 1.11. The van der Waals surface area contributed by atoms with E-state index < -0.39 is 0 Å². The van der Waals surface area contributed by atoms with Crippen LogP contribution in [0.25, 0.3) is 27.6 Å². The lowest BCUT2D eigenvalue weighted by Crippen LogP contribution is -2.43. The lowest BCUT2D eigenvalue weighted by molar-refractivity contribution is 0.0866. The minimum atomic E-state index is -0.184. The van der Waals surface area contributed by atoms with Crippen molar-refractivity contribution in [1.82, 2.24) is 14.7 Å². The Morgan fingerprint density at radius 1 is 1.00 bits per heavy atom. The predicted octanol–water partition coefficient (Wildman–Crippen LogP) is 6.14. The normalized spacial score (nSPS) is 20.6. The number of amides is 1. The minimum Gasteiger partial charge on any atom is -0.448 e. The van der Waals surface area contributed by atoms with Crippen LogP contribution in [0.4, 0.5) is 4.79 Å². The van der Waals surface area contributed by atoms with Crippen LogP contribution < -0.4 is 0 Å². The first-order chi connectivity index (χ1) is 17.2. The zero-order valence-electron chi connectivity index (χ0n) is 19.7. The number of hydrogen-bond acceptors (Lipinski definition) is 3. The molecule has 1 fully saturated rings.